The molecule has 156 valence electrons. The van der Waals surface area contributed by atoms with E-state index in [0.717, 1.165) is 41.3 Å². The Morgan fingerprint density at radius 3 is 2.23 bits per heavy atom. The lowest BCUT2D eigenvalue weighted by Crippen LogP contribution is -2.26. The fourth-order valence-corrected chi connectivity index (χ4v) is 3.85. The average Bonchev–Trinajstić information content (AvgIpc) is 2.71. The van der Waals surface area contributed by atoms with E-state index in [1.54, 1.807) is 0 Å². The first-order chi connectivity index (χ1) is 14.1. The Hall–Kier alpha value is -3.04. The van der Waals surface area contributed by atoms with Crippen LogP contribution in [-0.2, 0) is 10.0 Å². The Kier molecular flexibility index (Phi) is 6.04. The molecular formula is C20H14ClF3N2O3S. The fraction of sp³-hybridized carbons (Fsp3) is 0.0500. The third-order valence-corrected chi connectivity index (χ3v) is 5.89. The minimum Gasteiger partial charge on any atom is -0.311 e. The number of rotatable bonds is 5. The lowest BCUT2D eigenvalue weighted by Gasteiger charge is -2.18. The highest BCUT2D eigenvalue weighted by atomic mass is 35.5. The number of carbonyl (C=O) groups excluding carboxylic acids is 1. The monoisotopic (exact) mass is 454 g/mol. The van der Waals surface area contributed by atoms with E-state index in [9.17, 15) is 26.4 Å². The molecule has 0 unspecified atom stereocenters. The molecule has 0 heterocycles. The van der Waals surface area contributed by atoms with E-state index in [1.165, 1.54) is 31.3 Å². The van der Waals surface area contributed by atoms with E-state index in [0.29, 0.717) is 0 Å². The summed E-state index contributed by atoms with van der Waals surface area (Å²) in [5.74, 6) is -3.38. The molecule has 0 aliphatic carbocycles. The molecule has 0 atom stereocenters. The zero-order valence-corrected chi connectivity index (χ0v) is 16.9. The van der Waals surface area contributed by atoms with Crippen LogP contribution in [0, 0.1) is 17.5 Å². The lowest BCUT2D eigenvalue weighted by molar-refractivity contribution is 0.0993. The third-order valence-electron chi connectivity index (χ3n) is 4.18. The van der Waals surface area contributed by atoms with Crippen LogP contribution >= 0.6 is 11.6 Å². The van der Waals surface area contributed by atoms with Crippen LogP contribution in [0.15, 0.2) is 65.6 Å². The lowest BCUT2D eigenvalue weighted by atomic mass is 10.1. The van der Waals surface area contributed by atoms with E-state index >= 15 is 0 Å². The Morgan fingerprint density at radius 2 is 1.60 bits per heavy atom. The highest BCUT2D eigenvalue weighted by Crippen LogP contribution is 2.27. The van der Waals surface area contributed by atoms with Crippen LogP contribution in [0.4, 0.5) is 24.5 Å². The Morgan fingerprint density at radius 1 is 0.933 bits per heavy atom. The Balaban J connectivity index is 1.89. The molecule has 0 bridgehead atoms. The summed E-state index contributed by atoms with van der Waals surface area (Å²) in [6, 6.07) is 11.0. The zero-order chi connectivity index (χ0) is 22.1. The SMILES string of the molecule is CN(C(=O)c1ccc(Cl)c(NS(=O)(=O)c2ccc(F)cc2)c1)c1ccc(F)c(F)c1. The van der Waals surface area contributed by atoms with E-state index in [-0.39, 0.29) is 26.9 Å². The van der Waals surface area contributed by atoms with Gasteiger partial charge in [-0.3, -0.25) is 9.52 Å². The van der Waals surface area contributed by atoms with Gasteiger partial charge in [-0.2, -0.15) is 0 Å². The first-order valence-corrected chi connectivity index (χ1v) is 10.3. The molecule has 0 fully saturated rings. The minimum absolute atomic E-state index is 0.0210. The molecule has 3 rings (SSSR count). The van der Waals surface area contributed by atoms with Gasteiger partial charge < -0.3 is 4.90 Å². The molecule has 0 saturated carbocycles. The van der Waals surface area contributed by atoms with Gasteiger partial charge in [0.15, 0.2) is 11.6 Å². The van der Waals surface area contributed by atoms with Crippen molar-refractivity contribution in [1.82, 2.24) is 0 Å². The smallest absolute Gasteiger partial charge is 0.261 e. The van der Waals surface area contributed by atoms with Gasteiger partial charge in [0, 0.05) is 24.4 Å². The van der Waals surface area contributed by atoms with E-state index in [1.807, 2.05) is 0 Å². The maximum atomic E-state index is 13.5. The van der Waals surface area contributed by atoms with Crippen molar-refractivity contribution in [2.75, 3.05) is 16.7 Å². The number of carbonyl (C=O) groups is 1. The van der Waals surface area contributed by atoms with Crippen molar-refractivity contribution in [3.63, 3.8) is 0 Å². The number of halogens is 4. The fourth-order valence-electron chi connectivity index (χ4n) is 2.56. The number of amides is 1. The van der Waals surface area contributed by atoms with Gasteiger partial charge in [0.25, 0.3) is 15.9 Å². The molecule has 0 saturated heterocycles. The van der Waals surface area contributed by atoms with Crippen LogP contribution in [0.2, 0.25) is 5.02 Å². The summed E-state index contributed by atoms with van der Waals surface area (Å²) in [7, 11) is -2.74. The molecule has 0 aliphatic rings. The highest BCUT2D eigenvalue weighted by Gasteiger charge is 2.20. The van der Waals surface area contributed by atoms with Crippen LogP contribution < -0.4 is 9.62 Å². The third kappa shape index (κ3) is 4.58. The van der Waals surface area contributed by atoms with Crippen molar-refractivity contribution in [3.05, 3.63) is 88.7 Å². The average molecular weight is 455 g/mol. The quantitative estimate of drug-likeness (QED) is 0.600. The molecule has 1 N–H and O–H groups in total. The molecule has 30 heavy (non-hydrogen) atoms. The van der Waals surface area contributed by atoms with Crippen molar-refractivity contribution >= 4 is 38.9 Å². The van der Waals surface area contributed by atoms with Gasteiger partial charge in [-0.25, -0.2) is 21.6 Å². The summed E-state index contributed by atoms with van der Waals surface area (Å²) < 4.78 is 66.9. The van der Waals surface area contributed by atoms with Crippen LogP contribution in [0.5, 0.6) is 0 Å². The van der Waals surface area contributed by atoms with Gasteiger partial charge in [-0.05, 0) is 54.6 Å². The number of nitrogens with zero attached hydrogens (tertiary/aromatic N) is 1. The summed E-state index contributed by atoms with van der Waals surface area (Å²) in [5, 5.41) is 0.0210. The second kappa shape index (κ2) is 8.37. The van der Waals surface area contributed by atoms with E-state index in [4.69, 9.17) is 11.6 Å². The number of hydrogen-bond donors (Lipinski definition) is 1. The first-order valence-electron chi connectivity index (χ1n) is 8.39. The number of nitrogens with one attached hydrogen (secondary N) is 1. The molecule has 3 aromatic rings. The number of benzene rings is 3. The maximum absolute atomic E-state index is 13.5. The Labute approximate surface area is 175 Å². The highest BCUT2D eigenvalue weighted by molar-refractivity contribution is 7.92. The second-order valence-electron chi connectivity index (χ2n) is 6.22. The summed E-state index contributed by atoms with van der Waals surface area (Å²) in [6.07, 6.45) is 0. The zero-order valence-electron chi connectivity index (χ0n) is 15.4. The van der Waals surface area contributed by atoms with Crippen LogP contribution in [0.1, 0.15) is 10.4 Å². The predicted molar refractivity (Wildman–Crippen MR) is 108 cm³/mol. The normalized spacial score (nSPS) is 11.2. The molecule has 0 aromatic heterocycles. The second-order valence-corrected chi connectivity index (χ2v) is 8.31. The standard InChI is InChI=1S/C20H14ClF3N2O3S/c1-26(14-5-9-17(23)18(24)11-14)20(27)12-2-8-16(21)19(10-12)25-30(28,29)15-6-3-13(22)4-7-15/h2-11,25H,1H3. The van der Waals surface area contributed by atoms with Crippen molar-refractivity contribution in [2.45, 2.75) is 4.90 Å². The topological polar surface area (TPSA) is 66.5 Å². The van der Waals surface area contributed by atoms with Crippen LogP contribution in [0.25, 0.3) is 0 Å². The van der Waals surface area contributed by atoms with Gasteiger partial charge in [-0.15, -0.1) is 0 Å². The van der Waals surface area contributed by atoms with Gasteiger partial charge in [0.1, 0.15) is 5.82 Å². The molecule has 10 heteroatoms. The first kappa shape index (κ1) is 21.7. The van der Waals surface area contributed by atoms with Crippen molar-refractivity contribution in [2.24, 2.45) is 0 Å². The van der Waals surface area contributed by atoms with E-state index in [2.05, 4.69) is 4.72 Å². The molecule has 5 nitrogen and oxygen atoms in total. The van der Waals surface area contributed by atoms with Crippen molar-refractivity contribution in [1.29, 1.82) is 0 Å². The molecular weight excluding hydrogens is 441 g/mol. The largest absolute Gasteiger partial charge is 0.311 e. The van der Waals surface area contributed by atoms with Crippen LogP contribution in [0.3, 0.4) is 0 Å². The molecule has 0 aliphatic heterocycles. The summed E-state index contributed by atoms with van der Waals surface area (Å²) in [5.41, 5.74) is 0.0660. The van der Waals surface area contributed by atoms with Crippen molar-refractivity contribution in [3.8, 4) is 0 Å². The summed E-state index contributed by atoms with van der Waals surface area (Å²) >= 11 is 6.05. The molecule has 0 spiro atoms. The predicted octanol–water partition coefficient (Wildman–Crippen LogP) is 4.83. The van der Waals surface area contributed by atoms with Gasteiger partial charge in [0.05, 0.1) is 15.6 Å². The minimum atomic E-state index is -4.10. The van der Waals surface area contributed by atoms with Crippen molar-refractivity contribution < 1.29 is 26.4 Å². The molecule has 1 amide bonds. The molecule has 3 aromatic carbocycles. The van der Waals surface area contributed by atoms with Gasteiger partial charge in [0.2, 0.25) is 0 Å². The number of anilines is 2. The van der Waals surface area contributed by atoms with Gasteiger partial charge in [-0.1, -0.05) is 11.6 Å². The number of sulfonamides is 1. The maximum Gasteiger partial charge on any atom is 0.261 e. The summed E-state index contributed by atoms with van der Waals surface area (Å²) in [4.78, 5) is 13.6. The Bertz CT molecular complexity index is 1220. The molecule has 0 radical (unpaired) electrons. The number of hydrogen-bond acceptors (Lipinski definition) is 3. The summed E-state index contributed by atoms with van der Waals surface area (Å²) in [6.45, 7) is 0. The van der Waals surface area contributed by atoms with Gasteiger partial charge >= 0.3 is 0 Å². The van der Waals surface area contributed by atoms with Crippen LogP contribution in [-0.4, -0.2) is 21.4 Å². The van der Waals surface area contributed by atoms with E-state index < -0.39 is 33.4 Å².